The molecular formula is C17H30N4O2. The number of amides is 1. The van der Waals surface area contributed by atoms with E-state index in [0.29, 0.717) is 0 Å². The van der Waals surface area contributed by atoms with E-state index in [1.54, 1.807) is 4.68 Å². The molecule has 1 aromatic heterocycles. The summed E-state index contributed by atoms with van der Waals surface area (Å²) in [6.07, 6.45) is 5.89. The van der Waals surface area contributed by atoms with Crippen LogP contribution in [0.1, 0.15) is 53.4 Å². The fourth-order valence-electron chi connectivity index (χ4n) is 3.02. The van der Waals surface area contributed by atoms with Gasteiger partial charge in [-0.15, -0.1) is 0 Å². The molecule has 1 aromatic rings. The maximum atomic E-state index is 12.4. The lowest BCUT2D eigenvalue weighted by molar-refractivity contribution is 0.00852. The second kappa shape index (κ2) is 7.23. The van der Waals surface area contributed by atoms with Crippen molar-refractivity contribution in [1.82, 2.24) is 14.7 Å². The number of likely N-dealkylation sites (tertiary alicyclic amines) is 1. The highest BCUT2D eigenvalue weighted by Gasteiger charge is 2.31. The highest BCUT2D eigenvalue weighted by atomic mass is 16.6. The zero-order valence-electron chi connectivity index (χ0n) is 15.0. The molecule has 2 rings (SSSR count). The minimum atomic E-state index is -0.448. The van der Waals surface area contributed by atoms with Gasteiger partial charge in [0.15, 0.2) is 0 Å². The highest BCUT2D eigenvalue weighted by Crippen LogP contribution is 2.24. The maximum Gasteiger partial charge on any atom is 0.410 e. The summed E-state index contributed by atoms with van der Waals surface area (Å²) in [6, 6.07) is 2.44. The largest absolute Gasteiger partial charge is 0.444 e. The van der Waals surface area contributed by atoms with Crippen LogP contribution >= 0.6 is 0 Å². The van der Waals surface area contributed by atoms with Crippen molar-refractivity contribution in [3.63, 3.8) is 0 Å². The molecule has 6 heteroatoms. The fourth-order valence-corrected chi connectivity index (χ4v) is 3.02. The zero-order valence-corrected chi connectivity index (χ0v) is 15.0. The van der Waals surface area contributed by atoms with Crippen LogP contribution in [0.4, 0.5) is 10.6 Å². The van der Waals surface area contributed by atoms with Crippen LogP contribution in [0.2, 0.25) is 0 Å². The Morgan fingerprint density at radius 1 is 1.48 bits per heavy atom. The van der Waals surface area contributed by atoms with Crippen LogP contribution in [0, 0.1) is 0 Å². The van der Waals surface area contributed by atoms with Crippen molar-refractivity contribution in [1.29, 1.82) is 0 Å². The molecule has 2 unspecified atom stereocenters. The lowest BCUT2D eigenvalue weighted by Crippen LogP contribution is -2.47. The maximum absolute atomic E-state index is 12.4. The third-order valence-electron chi connectivity index (χ3n) is 3.99. The van der Waals surface area contributed by atoms with Crippen LogP contribution in [-0.2, 0) is 11.8 Å². The number of nitrogens with one attached hydrogen (secondary N) is 1. The Balaban J connectivity index is 1.93. The van der Waals surface area contributed by atoms with Crippen LogP contribution < -0.4 is 5.32 Å². The number of hydrogen-bond donors (Lipinski definition) is 1. The van der Waals surface area contributed by atoms with Gasteiger partial charge in [-0.1, -0.05) is 0 Å². The van der Waals surface area contributed by atoms with Crippen LogP contribution in [0.25, 0.3) is 0 Å². The molecule has 0 radical (unpaired) electrons. The number of ether oxygens (including phenoxy) is 1. The average Bonchev–Trinajstić information content (AvgIpc) is 2.82. The molecule has 1 N–H and O–H groups in total. The number of aromatic nitrogens is 2. The lowest BCUT2D eigenvalue weighted by Gasteiger charge is -2.38. The summed E-state index contributed by atoms with van der Waals surface area (Å²) in [4.78, 5) is 14.3. The Hall–Kier alpha value is -1.72. The quantitative estimate of drug-likeness (QED) is 0.923. The van der Waals surface area contributed by atoms with Gasteiger partial charge in [0, 0.05) is 37.9 Å². The van der Waals surface area contributed by atoms with Gasteiger partial charge in [0.2, 0.25) is 0 Å². The second-order valence-corrected chi connectivity index (χ2v) is 7.48. The molecular weight excluding hydrogens is 292 g/mol. The third-order valence-corrected chi connectivity index (χ3v) is 3.99. The van der Waals surface area contributed by atoms with Crippen molar-refractivity contribution in [2.24, 2.45) is 7.05 Å². The van der Waals surface area contributed by atoms with Crippen LogP contribution in [0.5, 0.6) is 0 Å². The van der Waals surface area contributed by atoms with Gasteiger partial charge in [-0.25, -0.2) is 4.79 Å². The Kier molecular flexibility index (Phi) is 5.55. The van der Waals surface area contributed by atoms with E-state index in [-0.39, 0.29) is 18.2 Å². The Morgan fingerprint density at radius 2 is 2.22 bits per heavy atom. The molecule has 1 fully saturated rings. The number of rotatable bonds is 4. The van der Waals surface area contributed by atoms with E-state index < -0.39 is 5.60 Å². The Bertz CT molecular complexity index is 521. The molecule has 1 aliphatic heterocycles. The highest BCUT2D eigenvalue weighted by molar-refractivity contribution is 5.68. The summed E-state index contributed by atoms with van der Waals surface area (Å²) in [6.45, 7) is 8.66. The number of hydrogen-bond acceptors (Lipinski definition) is 4. The molecule has 0 bridgehead atoms. The van der Waals surface area contributed by atoms with E-state index >= 15 is 0 Å². The molecule has 6 nitrogen and oxygen atoms in total. The first kappa shape index (κ1) is 17.6. The first-order chi connectivity index (χ1) is 10.7. The minimum absolute atomic E-state index is 0.188. The first-order valence-electron chi connectivity index (χ1n) is 8.50. The van der Waals surface area contributed by atoms with E-state index in [1.807, 2.05) is 45.0 Å². The molecule has 0 spiro atoms. The summed E-state index contributed by atoms with van der Waals surface area (Å²) < 4.78 is 7.34. The molecule has 1 aliphatic rings. The topological polar surface area (TPSA) is 59.4 Å². The van der Waals surface area contributed by atoms with Crippen molar-refractivity contribution >= 4 is 11.9 Å². The minimum Gasteiger partial charge on any atom is -0.444 e. The number of carbonyl (C=O) groups excluding carboxylic acids is 1. The third kappa shape index (κ3) is 5.44. The first-order valence-corrected chi connectivity index (χ1v) is 8.50. The van der Waals surface area contributed by atoms with Gasteiger partial charge in [-0.3, -0.25) is 4.68 Å². The molecule has 23 heavy (non-hydrogen) atoms. The summed E-state index contributed by atoms with van der Waals surface area (Å²) in [5.74, 6) is 0.875. The monoisotopic (exact) mass is 322 g/mol. The molecule has 0 aromatic carbocycles. The molecule has 0 aliphatic carbocycles. The summed E-state index contributed by atoms with van der Waals surface area (Å²) in [5, 5.41) is 7.75. The van der Waals surface area contributed by atoms with Gasteiger partial charge in [0.25, 0.3) is 0 Å². The molecule has 130 valence electrons. The average molecular weight is 322 g/mol. The number of aryl methyl sites for hydroxylation is 1. The number of anilines is 1. The molecule has 1 saturated heterocycles. The summed E-state index contributed by atoms with van der Waals surface area (Å²) >= 11 is 0. The molecule has 2 heterocycles. The van der Waals surface area contributed by atoms with Crippen LogP contribution in [-0.4, -0.2) is 45.0 Å². The standard InChI is InChI=1S/C17H30N4O2/c1-13(18-15-9-11-20(5)19-15)12-14-8-6-7-10-21(14)16(22)23-17(2,3)4/h9,11,13-14H,6-8,10,12H2,1-5H3,(H,18,19). The van der Waals surface area contributed by atoms with Crippen molar-refractivity contribution in [2.75, 3.05) is 11.9 Å². The Labute approximate surface area is 139 Å². The predicted octanol–water partition coefficient (Wildman–Crippen LogP) is 3.40. The van der Waals surface area contributed by atoms with Crippen LogP contribution in [0.15, 0.2) is 12.3 Å². The predicted molar refractivity (Wildman–Crippen MR) is 91.5 cm³/mol. The number of piperidine rings is 1. The fraction of sp³-hybridized carbons (Fsp3) is 0.765. The van der Waals surface area contributed by atoms with Crippen molar-refractivity contribution in [2.45, 2.75) is 71.1 Å². The van der Waals surface area contributed by atoms with Gasteiger partial charge < -0.3 is 15.0 Å². The van der Waals surface area contributed by atoms with Gasteiger partial charge in [-0.2, -0.15) is 5.10 Å². The van der Waals surface area contributed by atoms with Gasteiger partial charge in [0.1, 0.15) is 11.4 Å². The van der Waals surface area contributed by atoms with Crippen molar-refractivity contribution in [3.8, 4) is 0 Å². The summed E-state index contributed by atoms with van der Waals surface area (Å²) in [5.41, 5.74) is -0.448. The molecule has 2 atom stereocenters. The summed E-state index contributed by atoms with van der Waals surface area (Å²) in [7, 11) is 1.90. The normalized spacial score (nSPS) is 20.2. The van der Waals surface area contributed by atoms with Gasteiger partial charge in [-0.05, 0) is 53.4 Å². The molecule has 1 amide bonds. The van der Waals surface area contributed by atoms with E-state index in [4.69, 9.17) is 4.74 Å². The Morgan fingerprint density at radius 3 is 2.83 bits per heavy atom. The van der Waals surface area contributed by atoms with Crippen molar-refractivity contribution in [3.05, 3.63) is 12.3 Å². The van der Waals surface area contributed by atoms with Gasteiger partial charge in [0.05, 0.1) is 0 Å². The number of nitrogens with zero attached hydrogens (tertiary/aromatic N) is 3. The zero-order chi connectivity index (χ0) is 17.0. The van der Waals surface area contributed by atoms with E-state index in [0.717, 1.165) is 31.6 Å². The van der Waals surface area contributed by atoms with Crippen molar-refractivity contribution < 1.29 is 9.53 Å². The van der Waals surface area contributed by atoms with E-state index in [1.165, 1.54) is 6.42 Å². The van der Waals surface area contributed by atoms with E-state index in [2.05, 4.69) is 17.3 Å². The second-order valence-electron chi connectivity index (χ2n) is 7.48. The number of carbonyl (C=O) groups is 1. The molecule has 0 saturated carbocycles. The SMILES string of the molecule is CC(CC1CCCCN1C(=O)OC(C)(C)C)Nc1ccn(C)n1. The van der Waals surface area contributed by atoms with Gasteiger partial charge >= 0.3 is 6.09 Å². The van der Waals surface area contributed by atoms with E-state index in [9.17, 15) is 4.79 Å². The van der Waals surface area contributed by atoms with Crippen LogP contribution in [0.3, 0.4) is 0 Å². The smallest absolute Gasteiger partial charge is 0.410 e. The lowest BCUT2D eigenvalue weighted by atomic mass is 9.97.